The van der Waals surface area contributed by atoms with E-state index < -0.39 is 56.2 Å². The predicted molar refractivity (Wildman–Crippen MR) is 235 cm³/mol. The highest BCUT2D eigenvalue weighted by atomic mass is 32.2. The van der Waals surface area contributed by atoms with Crippen LogP contribution in [0.4, 0.5) is 0 Å². The molecular weight excluding hydrogens is 827 g/mol. The Morgan fingerprint density at radius 3 is 2.48 bits per heavy atom. The molecule has 3 aliphatic heterocycles. The van der Waals surface area contributed by atoms with Crippen LogP contribution >= 0.6 is 0 Å². The van der Waals surface area contributed by atoms with Crippen molar-refractivity contribution in [3.8, 4) is 34.4 Å². The van der Waals surface area contributed by atoms with E-state index in [1.54, 1.807) is 27.9 Å². The van der Waals surface area contributed by atoms with E-state index in [0.717, 1.165) is 17.4 Å². The maximum absolute atomic E-state index is 15.1. The first-order valence-electron chi connectivity index (χ1n) is 22.3. The van der Waals surface area contributed by atoms with Crippen molar-refractivity contribution in [1.82, 2.24) is 14.6 Å². The van der Waals surface area contributed by atoms with Crippen molar-refractivity contribution in [1.29, 1.82) is 0 Å². The molecule has 1 saturated heterocycles. The summed E-state index contributed by atoms with van der Waals surface area (Å²) in [6.07, 6.45) is 6.32. The van der Waals surface area contributed by atoms with Crippen LogP contribution < -0.4 is 23.7 Å². The molecule has 1 aromatic heterocycles. The van der Waals surface area contributed by atoms with E-state index in [2.05, 4.69) is 11.6 Å². The summed E-state index contributed by atoms with van der Waals surface area (Å²) in [7, 11) is -2.30. The van der Waals surface area contributed by atoms with Crippen LogP contribution in [-0.2, 0) is 33.9 Å². The van der Waals surface area contributed by atoms with Crippen molar-refractivity contribution in [2.24, 2.45) is 29.1 Å². The van der Waals surface area contributed by atoms with Gasteiger partial charge in [0.25, 0.3) is 0 Å². The number of ether oxygens (including phenoxy) is 5. The topological polar surface area (TPSA) is 177 Å². The van der Waals surface area contributed by atoms with Crippen LogP contribution in [0.25, 0.3) is 22.0 Å². The van der Waals surface area contributed by atoms with Crippen LogP contribution in [0.5, 0.6) is 23.1 Å². The van der Waals surface area contributed by atoms with Gasteiger partial charge >= 0.3 is 5.97 Å². The molecule has 14 nitrogen and oxygen atoms in total. The normalized spacial score (nSPS) is 28.2. The number of aromatic nitrogens is 1. The molecule has 4 heterocycles. The van der Waals surface area contributed by atoms with E-state index in [-0.39, 0.29) is 61.1 Å². The fraction of sp³-hybridized carbons (Fsp3) is 0.562. The Morgan fingerprint density at radius 2 is 1.75 bits per heavy atom. The van der Waals surface area contributed by atoms with Gasteiger partial charge in [0.1, 0.15) is 30.7 Å². The number of sulfonamides is 1. The summed E-state index contributed by atoms with van der Waals surface area (Å²) < 4.78 is 58.2. The van der Waals surface area contributed by atoms with Gasteiger partial charge in [-0.3, -0.25) is 23.9 Å². The summed E-state index contributed by atoms with van der Waals surface area (Å²) in [4.78, 5) is 64.1. The van der Waals surface area contributed by atoms with Crippen molar-refractivity contribution in [2.45, 2.75) is 115 Å². The molecule has 338 valence electrons. The second-order valence-electron chi connectivity index (χ2n) is 19.2. The lowest BCUT2D eigenvalue weighted by molar-refractivity contribution is -0.160. The molecule has 1 N–H and O–H groups in total. The van der Waals surface area contributed by atoms with E-state index in [9.17, 15) is 22.8 Å². The second-order valence-corrected chi connectivity index (χ2v) is 21.2. The van der Waals surface area contributed by atoms with E-state index >= 15 is 4.79 Å². The molecule has 1 unspecified atom stereocenters. The zero-order valence-electron chi connectivity index (χ0n) is 37.0. The zero-order chi connectivity index (χ0) is 44.8. The first-order chi connectivity index (χ1) is 29.9. The Balaban J connectivity index is 1.16. The number of carbonyl (C=O) groups is 4. The van der Waals surface area contributed by atoms with Crippen molar-refractivity contribution in [3.05, 3.63) is 54.6 Å². The van der Waals surface area contributed by atoms with Crippen LogP contribution in [0.2, 0.25) is 0 Å². The Hall–Kier alpha value is -5.18. The molecule has 3 fully saturated rings. The van der Waals surface area contributed by atoms with Gasteiger partial charge in [-0.05, 0) is 125 Å². The smallest absolute Gasteiger partial charge is 0.307 e. The molecule has 7 atom stereocenters. The Bertz CT molecular complexity index is 2420. The number of hydrogen-bond donors (Lipinski definition) is 1. The van der Waals surface area contributed by atoms with Gasteiger partial charge in [0.15, 0.2) is 17.3 Å². The van der Waals surface area contributed by atoms with Gasteiger partial charge in [-0.2, -0.15) is 0 Å². The number of nitrogens with one attached hydrogen (secondary N) is 1. The number of ketones is 1. The van der Waals surface area contributed by atoms with Crippen molar-refractivity contribution < 1.29 is 51.3 Å². The molecule has 0 spiro atoms. The number of hydrogen-bond acceptors (Lipinski definition) is 12. The molecule has 0 bridgehead atoms. The van der Waals surface area contributed by atoms with Crippen LogP contribution in [0.3, 0.4) is 0 Å². The minimum atomic E-state index is -3.89. The van der Waals surface area contributed by atoms with Crippen molar-refractivity contribution in [3.63, 3.8) is 0 Å². The van der Waals surface area contributed by atoms with Crippen molar-refractivity contribution in [2.75, 3.05) is 26.9 Å². The second kappa shape index (κ2) is 17.4. The fourth-order valence-electron chi connectivity index (χ4n) is 9.48. The number of nitrogens with zero attached hydrogens (tertiary/aromatic N) is 2. The third-order valence-corrected chi connectivity index (χ3v) is 14.9. The number of esters is 1. The molecule has 0 radical (unpaired) electrons. The molecule has 15 heteroatoms. The molecule has 2 saturated carbocycles. The van der Waals surface area contributed by atoms with E-state index in [4.69, 9.17) is 28.7 Å². The number of Topliss-reactive ketones (excluding diaryl/α,β-unsaturated/α-hetero) is 1. The summed E-state index contributed by atoms with van der Waals surface area (Å²) in [6, 6.07) is 12.0. The molecule has 3 aromatic rings. The highest BCUT2D eigenvalue weighted by molar-refractivity contribution is 7.90. The molecule has 2 aliphatic carbocycles. The van der Waals surface area contributed by atoms with Gasteiger partial charge in [0, 0.05) is 23.8 Å². The average Bonchev–Trinajstić information content (AvgIpc) is 4.16. The van der Waals surface area contributed by atoms with E-state index in [0.29, 0.717) is 73.6 Å². The van der Waals surface area contributed by atoms with Gasteiger partial charge in [0.05, 0.1) is 48.4 Å². The monoisotopic (exact) mass is 885 g/mol. The summed E-state index contributed by atoms with van der Waals surface area (Å²) in [5, 5.41) is 0.852. The van der Waals surface area contributed by atoms with Gasteiger partial charge in [-0.15, -0.1) is 0 Å². The number of allylic oxidation sites excluding steroid dienone is 2. The number of methoxy groups -OCH3 is 1. The lowest BCUT2D eigenvalue weighted by Crippen LogP contribution is -2.47. The molecular formula is C48H59N3O11S. The standard InChI is InChI=1S/C48H59N3O11S/c1-28-9-7-8-10-32-25-48(32,46(55)50-63(56,57)35-13-14-35)26-40(52)39-23-34(27-51(39)45(54)37(29(2)19-28)24-43(53)62-47(3,4)5)61-44-36-15-12-33(58-6)20-31(36)21-38(49-44)30-11-16-41-42(22-30)60-18-17-59-41/h8,10-12,15-16,20-22,28-29,32,34-35,37,39H,7,9,13-14,17-19,23-27H2,1-6H3,(H,50,55)/b10-8-/t28-,29+,32+,34?,37-,39-,48+/m0/s1. The zero-order valence-corrected chi connectivity index (χ0v) is 37.8. The predicted octanol–water partition coefficient (Wildman–Crippen LogP) is 6.96. The van der Waals surface area contributed by atoms with Crippen LogP contribution in [0.1, 0.15) is 92.4 Å². The number of pyridine rings is 1. The number of fused-ring (bicyclic) bond motifs is 4. The maximum Gasteiger partial charge on any atom is 0.307 e. The maximum atomic E-state index is 15.1. The first-order valence-corrected chi connectivity index (χ1v) is 23.8. The molecule has 2 aromatic carbocycles. The Morgan fingerprint density at radius 1 is 0.984 bits per heavy atom. The van der Waals surface area contributed by atoms with Crippen LogP contribution in [-0.4, -0.2) is 91.7 Å². The summed E-state index contributed by atoms with van der Waals surface area (Å²) >= 11 is 0. The first kappa shape index (κ1) is 44.4. The SMILES string of the molecule is COc1ccc2c(OC3C[C@H]4C(=O)C[C@]5(C(=O)NS(=O)(=O)C6CC6)C[C@H]5/C=C\CC[C@H](C)C[C@@H](C)[C@H](CC(=O)OC(C)(C)C)C(=O)N4C3)nc(-c3ccc4c(c3)OCCO4)cc2c1. The summed E-state index contributed by atoms with van der Waals surface area (Å²) in [6.45, 7) is 10.3. The summed E-state index contributed by atoms with van der Waals surface area (Å²) in [5.74, 6) is -0.989. The van der Waals surface area contributed by atoms with Crippen LogP contribution in [0.15, 0.2) is 54.6 Å². The Kier molecular flexibility index (Phi) is 12.3. The lowest BCUT2D eigenvalue weighted by atomic mass is 9.82. The number of benzene rings is 2. The molecule has 2 amide bonds. The minimum Gasteiger partial charge on any atom is -0.497 e. The van der Waals surface area contributed by atoms with Gasteiger partial charge in [-0.1, -0.05) is 26.0 Å². The Labute approximate surface area is 369 Å². The molecule has 5 aliphatic rings. The molecule has 63 heavy (non-hydrogen) atoms. The lowest BCUT2D eigenvalue weighted by Gasteiger charge is -2.32. The fourth-order valence-corrected chi connectivity index (χ4v) is 10.9. The number of rotatable bonds is 9. The third-order valence-electron chi connectivity index (χ3n) is 13.1. The number of carbonyl (C=O) groups excluding carboxylic acids is 4. The van der Waals surface area contributed by atoms with Crippen molar-refractivity contribution >= 4 is 44.4 Å². The van der Waals surface area contributed by atoms with Gasteiger partial charge in [0.2, 0.25) is 27.7 Å². The van der Waals surface area contributed by atoms with Gasteiger partial charge < -0.3 is 28.6 Å². The van der Waals surface area contributed by atoms with E-state index in [1.165, 1.54) is 4.90 Å². The highest BCUT2D eigenvalue weighted by Crippen LogP contribution is 2.57. The van der Waals surface area contributed by atoms with Crippen LogP contribution in [0, 0.1) is 29.1 Å². The highest BCUT2D eigenvalue weighted by Gasteiger charge is 2.61. The largest absolute Gasteiger partial charge is 0.497 e. The summed E-state index contributed by atoms with van der Waals surface area (Å²) in [5.41, 5.74) is -0.714. The van der Waals surface area contributed by atoms with Gasteiger partial charge in [-0.25, -0.2) is 13.4 Å². The average molecular weight is 886 g/mol. The minimum absolute atomic E-state index is 0.00843. The number of amides is 2. The quantitative estimate of drug-likeness (QED) is 0.173. The third kappa shape index (κ3) is 9.83. The molecule has 8 rings (SSSR count). The van der Waals surface area contributed by atoms with E-state index in [1.807, 2.05) is 61.5 Å².